The van der Waals surface area contributed by atoms with Crippen molar-refractivity contribution in [1.82, 2.24) is 20.0 Å². The van der Waals surface area contributed by atoms with Gasteiger partial charge in [-0.25, -0.2) is 9.37 Å². The highest BCUT2D eigenvalue weighted by Gasteiger charge is 2.31. The lowest BCUT2D eigenvalue weighted by molar-refractivity contribution is 0.0500. The van der Waals surface area contributed by atoms with Crippen molar-refractivity contribution in [2.45, 2.75) is 39.7 Å². The molecule has 0 bridgehead atoms. The van der Waals surface area contributed by atoms with Gasteiger partial charge >= 0.3 is 0 Å². The second-order valence-electron chi connectivity index (χ2n) is 9.45. The molecule has 34 heavy (non-hydrogen) atoms. The zero-order valence-electron chi connectivity index (χ0n) is 20.3. The van der Waals surface area contributed by atoms with Gasteiger partial charge in [-0.3, -0.25) is 4.90 Å². The van der Waals surface area contributed by atoms with Gasteiger partial charge in [0.2, 0.25) is 0 Å². The number of rotatable bonds is 5. The summed E-state index contributed by atoms with van der Waals surface area (Å²) in [6, 6.07) is 3.39. The molecular weight excluding hydrogens is 437 g/mol. The number of piperazine rings is 1. The third-order valence-electron chi connectivity index (χ3n) is 7.08. The van der Waals surface area contributed by atoms with E-state index in [2.05, 4.69) is 26.9 Å². The van der Waals surface area contributed by atoms with Crippen molar-refractivity contribution in [3.8, 4) is 17.2 Å². The molecule has 0 aliphatic carbocycles. The first kappa shape index (κ1) is 23.0. The summed E-state index contributed by atoms with van der Waals surface area (Å²) in [7, 11) is 1.53. The predicted octanol–water partition coefficient (Wildman–Crippen LogP) is 3.99. The van der Waals surface area contributed by atoms with Crippen LogP contribution in [0.5, 0.6) is 5.75 Å². The molecule has 4 heterocycles. The van der Waals surface area contributed by atoms with E-state index in [9.17, 15) is 0 Å². The van der Waals surface area contributed by atoms with Crippen LogP contribution in [-0.4, -0.2) is 72.6 Å². The second-order valence-corrected chi connectivity index (χ2v) is 9.45. The topological polar surface area (TPSA) is 76.8 Å². The van der Waals surface area contributed by atoms with E-state index in [1.165, 1.54) is 13.2 Å². The molecule has 0 spiro atoms. The summed E-state index contributed by atoms with van der Waals surface area (Å²) in [6.07, 6.45) is 2.26. The van der Waals surface area contributed by atoms with Crippen LogP contribution in [0.25, 0.3) is 22.4 Å². The number of hydrogen-bond donors (Lipinski definition) is 0. The quantitative estimate of drug-likeness (QED) is 0.555. The van der Waals surface area contributed by atoms with E-state index in [1.807, 2.05) is 13.0 Å². The molecule has 0 N–H and O–H groups in total. The van der Waals surface area contributed by atoms with E-state index in [1.54, 1.807) is 6.92 Å². The van der Waals surface area contributed by atoms with Crippen molar-refractivity contribution in [2.24, 2.45) is 5.92 Å². The molecule has 2 aliphatic rings. The maximum atomic E-state index is 15.1. The lowest BCUT2D eigenvalue weighted by Gasteiger charge is -2.42. The third kappa shape index (κ3) is 4.34. The first-order valence-electron chi connectivity index (χ1n) is 12.0. The molecule has 3 aromatic rings. The number of fused-ring (bicyclic) bond motifs is 1. The van der Waals surface area contributed by atoms with Gasteiger partial charge in [0.25, 0.3) is 5.89 Å². The monoisotopic (exact) mass is 469 g/mol. The first-order valence-corrected chi connectivity index (χ1v) is 12.0. The molecule has 2 saturated heterocycles. The average Bonchev–Trinajstić information content (AvgIpc) is 3.26. The van der Waals surface area contributed by atoms with Crippen molar-refractivity contribution in [3.63, 3.8) is 0 Å². The summed E-state index contributed by atoms with van der Waals surface area (Å²) in [5.41, 5.74) is 1.92. The zero-order valence-corrected chi connectivity index (χ0v) is 20.3. The van der Waals surface area contributed by atoms with Crippen LogP contribution in [0.1, 0.15) is 31.2 Å². The Morgan fingerprint density at radius 2 is 1.94 bits per heavy atom. The van der Waals surface area contributed by atoms with Crippen LogP contribution < -0.4 is 9.64 Å². The summed E-state index contributed by atoms with van der Waals surface area (Å²) in [4.78, 5) is 14.1. The number of aryl methyl sites for hydroxylation is 2. The number of anilines is 1. The Morgan fingerprint density at radius 3 is 2.62 bits per heavy atom. The highest BCUT2D eigenvalue weighted by atomic mass is 19.1. The summed E-state index contributed by atoms with van der Waals surface area (Å²) in [6.45, 7) is 11.4. The Labute approximate surface area is 199 Å². The van der Waals surface area contributed by atoms with Gasteiger partial charge in [-0.1, -0.05) is 5.16 Å². The maximum Gasteiger partial charge on any atom is 0.261 e. The van der Waals surface area contributed by atoms with E-state index in [0.29, 0.717) is 40.1 Å². The molecule has 5 rings (SSSR count). The molecule has 0 amide bonds. The number of halogens is 1. The molecule has 0 radical (unpaired) electrons. The molecule has 1 aromatic carbocycles. The Morgan fingerprint density at radius 1 is 1.15 bits per heavy atom. The van der Waals surface area contributed by atoms with Crippen molar-refractivity contribution in [2.75, 3.05) is 51.4 Å². The SMILES string of the molecule is COc1cc(F)c2nc(N3CCN(CC4CCOCC4)C[C@H]3C)c(-c3nc(C)no3)c(C)c2c1. The highest BCUT2D eigenvalue weighted by Crippen LogP contribution is 2.39. The Kier molecular flexibility index (Phi) is 6.40. The lowest BCUT2D eigenvalue weighted by Crippen LogP contribution is -2.53. The first-order chi connectivity index (χ1) is 16.4. The molecule has 1 atom stereocenters. The van der Waals surface area contributed by atoms with Gasteiger partial charge in [-0.15, -0.1) is 0 Å². The van der Waals surface area contributed by atoms with E-state index in [-0.39, 0.29) is 6.04 Å². The fraction of sp³-hybridized carbons (Fsp3) is 0.560. The van der Waals surface area contributed by atoms with Crippen LogP contribution in [-0.2, 0) is 4.74 Å². The molecular formula is C25H32FN5O3. The fourth-order valence-electron chi connectivity index (χ4n) is 5.23. The van der Waals surface area contributed by atoms with E-state index in [0.717, 1.165) is 63.4 Å². The van der Waals surface area contributed by atoms with Gasteiger partial charge in [0.1, 0.15) is 17.1 Å². The molecule has 8 nitrogen and oxygen atoms in total. The van der Waals surface area contributed by atoms with Crippen molar-refractivity contribution >= 4 is 16.7 Å². The van der Waals surface area contributed by atoms with Gasteiger partial charge in [0.15, 0.2) is 11.6 Å². The van der Waals surface area contributed by atoms with Gasteiger partial charge in [0, 0.05) is 56.9 Å². The summed E-state index contributed by atoms with van der Waals surface area (Å²) in [5, 5.41) is 4.68. The lowest BCUT2D eigenvalue weighted by atomic mass is 9.98. The van der Waals surface area contributed by atoms with Crippen molar-refractivity contribution < 1.29 is 18.4 Å². The molecule has 0 unspecified atom stereocenters. The van der Waals surface area contributed by atoms with Gasteiger partial charge < -0.3 is 18.9 Å². The smallest absolute Gasteiger partial charge is 0.261 e. The van der Waals surface area contributed by atoms with E-state index in [4.69, 9.17) is 19.0 Å². The van der Waals surface area contributed by atoms with Crippen molar-refractivity contribution in [3.05, 3.63) is 29.3 Å². The summed E-state index contributed by atoms with van der Waals surface area (Å²) >= 11 is 0. The van der Waals surface area contributed by atoms with Crippen LogP contribution in [0.2, 0.25) is 0 Å². The number of nitrogens with zero attached hydrogens (tertiary/aromatic N) is 5. The standard InChI is InChI=1S/C25H32FN5O3/c1-15-13-30(14-18-5-9-33-10-6-18)7-8-31(15)24-22(25-27-17(3)29-34-25)16(2)20-11-19(32-4)12-21(26)23(20)28-24/h11-12,15,18H,5-10,13-14H2,1-4H3/t15-/m1/s1. The largest absolute Gasteiger partial charge is 0.497 e. The number of ether oxygens (including phenoxy) is 2. The number of benzene rings is 1. The highest BCUT2D eigenvalue weighted by molar-refractivity contribution is 5.93. The Bertz CT molecular complexity index is 1180. The molecule has 2 aromatic heterocycles. The van der Waals surface area contributed by atoms with Gasteiger partial charge in [0.05, 0.1) is 12.7 Å². The number of pyridine rings is 1. The zero-order chi connectivity index (χ0) is 23.8. The molecule has 9 heteroatoms. The number of aromatic nitrogens is 3. The fourth-order valence-corrected chi connectivity index (χ4v) is 5.23. The number of methoxy groups -OCH3 is 1. The molecule has 2 aliphatic heterocycles. The average molecular weight is 470 g/mol. The minimum absolute atomic E-state index is 0.196. The predicted molar refractivity (Wildman–Crippen MR) is 128 cm³/mol. The summed E-state index contributed by atoms with van der Waals surface area (Å²) in [5.74, 6) is 2.37. The Balaban J connectivity index is 1.52. The third-order valence-corrected chi connectivity index (χ3v) is 7.08. The van der Waals surface area contributed by atoms with Gasteiger partial charge in [-0.2, -0.15) is 4.98 Å². The minimum Gasteiger partial charge on any atom is -0.497 e. The summed E-state index contributed by atoms with van der Waals surface area (Å²) < 4.78 is 31.5. The van der Waals surface area contributed by atoms with Crippen LogP contribution in [0.4, 0.5) is 10.2 Å². The second kappa shape index (κ2) is 9.46. The van der Waals surface area contributed by atoms with Crippen LogP contribution in [0.3, 0.4) is 0 Å². The molecule has 2 fully saturated rings. The number of hydrogen-bond acceptors (Lipinski definition) is 8. The van der Waals surface area contributed by atoms with E-state index < -0.39 is 5.82 Å². The molecule has 182 valence electrons. The van der Waals surface area contributed by atoms with Crippen LogP contribution in [0, 0.1) is 25.6 Å². The van der Waals surface area contributed by atoms with Crippen LogP contribution in [0.15, 0.2) is 16.7 Å². The van der Waals surface area contributed by atoms with Crippen molar-refractivity contribution in [1.29, 1.82) is 0 Å². The molecule has 0 saturated carbocycles. The normalized spacial score (nSPS) is 20.3. The van der Waals surface area contributed by atoms with Gasteiger partial charge in [-0.05, 0) is 51.2 Å². The Hall–Kier alpha value is -2.78. The minimum atomic E-state index is -0.405. The van der Waals surface area contributed by atoms with Crippen LogP contribution >= 0.6 is 0 Å². The van der Waals surface area contributed by atoms with E-state index >= 15 is 4.39 Å². The maximum absolute atomic E-state index is 15.1.